The molecule has 0 bridgehead atoms. The molecular formula is C28H33NO3. The zero-order valence-corrected chi connectivity index (χ0v) is 18.9. The van der Waals surface area contributed by atoms with Crippen LogP contribution in [0.1, 0.15) is 63.9 Å². The second-order valence-electron chi connectivity index (χ2n) is 9.52. The van der Waals surface area contributed by atoms with Crippen molar-refractivity contribution >= 4 is 5.91 Å². The molecule has 2 aliphatic carbocycles. The standard InChI is InChI=1S/C28H33NO3/c1-19(8-7-11-20-9-3-2-4-10-20)32-21-14-15-22-23-12-5-6-13-25(23)29-27(31)17-16-26(30)28(29)24(22)18-21/h2-4,9-10,14-15,18-19,24-25,30H,5-8,11-13,16-17H2,1H3/t19?,24?,25-/m0/s1. The molecule has 5 rings (SSSR count). The van der Waals surface area contributed by atoms with Crippen LogP contribution in [0.15, 0.2) is 76.9 Å². The molecule has 0 spiro atoms. The van der Waals surface area contributed by atoms with Crippen molar-refractivity contribution < 1.29 is 14.6 Å². The van der Waals surface area contributed by atoms with E-state index in [2.05, 4.69) is 55.5 Å². The fourth-order valence-electron chi connectivity index (χ4n) is 5.76. The quantitative estimate of drug-likeness (QED) is 0.589. The average Bonchev–Trinajstić information content (AvgIpc) is 2.81. The normalized spacial score (nSPS) is 25.7. The van der Waals surface area contributed by atoms with E-state index >= 15 is 0 Å². The van der Waals surface area contributed by atoms with Gasteiger partial charge in [0, 0.05) is 18.8 Å². The summed E-state index contributed by atoms with van der Waals surface area (Å²) in [5.74, 6) is 1.29. The molecule has 1 amide bonds. The third-order valence-electron chi connectivity index (χ3n) is 7.30. The van der Waals surface area contributed by atoms with Gasteiger partial charge in [-0.25, -0.2) is 0 Å². The maximum Gasteiger partial charge on any atom is 0.227 e. The lowest BCUT2D eigenvalue weighted by Gasteiger charge is -2.47. The molecule has 0 radical (unpaired) electrons. The number of fused-ring (bicyclic) bond motifs is 5. The number of allylic oxidation sites excluding steroid dienone is 4. The van der Waals surface area contributed by atoms with Gasteiger partial charge in [-0.2, -0.15) is 0 Å². The van der Waals surface area contributed by atoms with Gasteiger partial charge in [-0.3, -0.25) is 4.79 Å². The van der Waals surface area contributed by atoms with Crippen LogP contribution < -0.4 is 0 Å². The van der Waals surface area contributed by atoms with Crippen molar-refractivity contribution in [1.82, 2.24) is 4.90 Å². The summed E-state index contributed by atoms with van der Waals surface area (Å²) in [4.78, 5) is 14.8. The van der Waals surface area contributed by atoms with E-state index in [-0.39, 0.29) is 24.0 Å². The monoisotopic (exact) mass is 431 g/mol. The minimum Gasteiger partial charge on any atom is -0.510 e. The molecule has 32 heavy (non-hydrogen) atoms. The Morgan fingerprint density at radius 3 is 2.81 bits per heavy atom. The molecule has 0 saturated heterocycles. The Hall–Kier alpha value is -2.75. The largest absolute Gasteiger partial charge is 0.510 e. The van der Waals surface area contributed by atoms with E-state index in [1.165, 1.54) is 23.1 Å². The van der Waals surface area contributed by atoms with E-state index in [0.29, 0.717) is 18.6 Å². The molecule has 1 aromatic carbocycles. The highest BCUT2D eigenvalue weighted by molar-refractivity contribution is 5.82. The zero-order chi connectivity index (χ0) is 22.1. The Kier molecular flexibility index (Phi) is 5.95. The van der Waals surface area contributed by atoms with E-state index in [4.69, 9.17) is 4.74 Å². The maximum absolute atomic E-state index is 12.9. The van der Waals surface area contributed by atoms with Gasteiger partial charge in [0.2, 0.25) is 5.91 Å². The molecular weight excluding hydrogens is 398 g/mol. The van der Waals surface area contributed by atoms with E-state index in [1.54, 1.807) is 0 Å². The summed E-state index contributed by atoms with van der Waals surface area (Å²) in [6.07, 6.45) is 14.8. The highest BCUT2D eigenvalue weighted by Gasteiger charge is 2.44. The first-order chi connectivity index (χ1) is 15.6. The summed E-state index contributed by atoms with van der Waals surface area (Å²) in [5, 5.41) is 10.8. The lowest BCUT2D eigenvalue weighted by Crippen LogP contribution is -2.49. The average molecular weight is 432 g/mol. The number of aliphatic hydroxyl groups is 1. The first-order valence-electron chi connectivity index (χ1n) is 12.2. The molecule has 1 N–H and O–H groups in total. The second kappa shape index (κ2) is 9.01. The number of ether oxygens (including phenoxy) is 1. The van der Waals surface area contributed by atoms with Crippen molar-refractivity contribution in [2.75, 3.05) is 0 Å². The molecule has 4 nitrogen and oxygen atoms in total. The fraction of sp³-hybridized carbons (Fsp3) is 0.464. The van der Waals surface area contributed by atoms with Gasteiger partial charge in [-0.1, -0.05) is 42.8 Å². The number of carbonyl (C=O) groups is 1. The van der Waals surface area contributed by atoms with Crippen LogP contribution in [0.3, 0.4) is 0 Å². The number of amides is 1. The minimum absolute atomic E-state index is 0.0832. The van der Waals surface area contributed by atoms with E-state index < -0.39 is 0 Å². The van der Waals surface area contributed by atoms with Crippen molar-refractivity contribution in [2.45, 2.75) is 76.9 Å². The number of benzene rings is 1. The summed E-state index contributed by atoms with van der Waals surface area (Å²) >= 11 is 0. The van der Waals surface area contributed by atoms with Crippen LogP contribution in [-0.4, -0.2) is 28.1 Å². The predicted molar refractivity (Wildman–Crippen MR) is 126 cm³/mol. The third-order valence-corrected chi connectivity index (χ3v) is 7.30. The first kappa shape index (κ1) is 21.1. The summed E-state index contributed by atoms with van der Waals surface area (Å²) in [6.45, 7) is 2.12. The van der Waals surface area contributed by atoms with Crippen LogP contribution in [0.5, 0.6) is 0 Å². The van der Waals surface area contributed by atoms with Crippen molar-refractivity contribution in [3.63, 3.8) is 0 Å². The molecule has 4 heteroatoms. The van der Waals surface area contributed by atoms with Gasteiger partial charge in [0.25, 0.3) is 0 Å². The lowest BCUT2D eigenvalue weighted by molar-refractivity contribution is -0.133. The van der Waals surface area contributed by atoms with Gasteiger partial charge in [0.15, 0.2) is 0 Å². The molecule has 4 aliphatic rings. The van der Waals surface area contributed by atoms with Crippen LogP contribution in [0, 0.1) is 5.92 Å². The molecule has 1 fully saturated rings. The summed E-state index contributed by atoms with van der Waals surface area (Å²) in [7, 11) is 0. The molecule has 2 aliphatic heterocycles. The van der Waals surface area contributed by atoms with E-state index in [0.717, 1.165) is 50.0 Å². The van der Waals surface area contributed by atoms with Crippen LogP contribution in [0.4, 0.5) is 0 Å². The van der Waals surface area contributed by atoms with Crippen molar-refractivity contribution in [1.29, 1.82) is 0 Å². The molecule has 0 aromatic heterocycles. The predicted octanol–water partition coefficient (Wildman–Crippen LogP) is 6.13. The number of hydrogen-bond donors (Lipinski definition) is 1. The summed E-state index contributed by atoms with van der Waals surface area (Å²) in [6, 6.07) is 10.7. The van der Waals surface area contributed by atoms with Crippen LogP contribution >= 0.6 is 0 Å². The van der Waals surface area contributed by atoms with Gasteiger partial charge in [0.1, 0.15) is 11.5 Å². The molecule has 1 saturated carbocycles. The molecule has 3 atom stereocenters. The first-order valence-corrected chi connectivity index (χ1v) is 12.2. The van der Waals surface area contributed by atoms with Crippen LogP contribution in [0.2, 0.25) is 0 Å². The fourth-order valence-corrected chi connectivity index (χ4v) is 5.76. The number of carbonyl (C=O) groups excluding carboxylic acids is 1. The van der Waals surface area contributed by atoms with Gasteiger partial charge >= 0.3 is 0 Å². The number of aryl methyl sites for hydroxylation is 1. The van der Waals surface area contributed by atoms with Crippen LogP contribution in [-0.2, 0) is 16.0 Å². The van der Waals surface area contributed by atoms with Gasteiger partial charge in [-0.15, -0.1) is 0 Å². The van der Waals surface area contributed by atoms with Crippen molar-refractivity contribution in [3.05, 3.63) is 82.5 Å². The Bertz CT molecular complexity index is 1000. The maximum atomic E-state index is 12.9. The minimum atomic E-state index is -0.0832. The molecule has 2 unspecified atom stereocenters. The Morgan fingerprint density at radius 1 is 1.12 bits per heavy atom. The summed E-state index contributed by atoms with van der Waals surface area (Å²) < 4.78 is 6.30. The van der Waals surface area contributed by atoms with Crippen LogP contribution in [0.25, 0.3) is 0 Å². The van der Waals surface area contributed by atoms with Gasteiger partial charge < -0.3 is 14.7 Å². The highest BCUT2D eigenvalue weighted by Crippen LogP contribution is 2.48. The van der Waals surface area contributed by atoms with Gasteiger partial charge in [-0.05, 0) is 74.3 Å². The van der Waals surface area contributed by atoms with E-state index in [9.17, 15) is 9.90 Å². The van der Waals surface area contributed by atoms with Gasteiger partial charge in [0.05, 0.1) is 17.8 Å². The topological polar surface area (TPSA) is 49.8 Å². The number of rotatable bonds is 6. The number of nitrogens with zero attached hydrogens (tertiary/aromatic N) is 1. The number of hydrogen-bond acceptors (Lipinski definition) is 3. The lowest BCUT2D eigenvalue weighted by atomic mass is 9.73. The molecule has 2 heterocycles. The second-order valence-corrected chi connectivity index (χ2v) is 9.52. The Balaban J connectivity index is 1.33. The van der Waals surface area contributed by atoms with E-state index in [1.807, 2.05) is 4.90 Å². The zero-order valence-electron chi connectivity index (χ0n) is 18.9. The van der Waals surface area contributed by atoms with Crippen molar-refractivity contribution in [3.8, 4) is 0 Å². The Labute approximate surface area is 191 Å². The SMILES string of the molecule is CC(CCCc1ccccc1)OC1=CC2C(=C3CCCC[C@@H]3N3C(=O)CCC(O)=C23)C=C1. The van der Waals surface area contributed by atoms with Crippen molar-refractivity contribution in [2.24, 2.45) is 5.92 Å². The highest BCUT2D eigenvalue weighted by atomic mass is 16.5. The Morgan fingerprint density at radius 2 is 1.97 bits per heavy atom. The molecule has 168 valence electrons. The third kappa shape index (κ3) is 4.03. The number of aliphatic hydroxyl groups excluding tert-OH is 1. The smallest absolute Gasteiger partial charge is 0.227 e. The summed E-state index contributed by atoms with van der Waals surface area (Å²) in [5.41, 5.74) is 4.82. The molecule has 1 aromatic rings.